The van der Waals surface area contributed by atoms with E-state index in [0.717, 1.165) is 47.6 Å². The minimum absolute atomic E-state index is 0.0122. The van der Waals surface area contributed by atoms with Gasteiger partial charge in [0.25, 0.3) is 0 Å². The molecule has 0 aliphatic heterocycles. The van der Waals surface area contributed by atoms with E-state index < -0.39 is 51.8 Å². The van der Waals surface area contributed by atoms with Crippen LogP contribution in [0.25, 0.3) is 0 Å². The number of aliphatic hydroxyl groups excluding tert-OH is 1. The van der Waals surface area contributed by atoms with Gasteiger partial charge < -0.3 is 15.7 Å². The Hall–Kier alpha value is -2.40. The molecule has 7 nitrogen and oxygen atoms in total. The summed E-state index contributed by atoms with van der Waals surface area (Å²) in [5.41, 5.74) is 3.57. The Bertz CT molecular complexity index is 1230. The smallest absolute Gasteiger partial charge is 0.217 e. The van der Waals surface area contributed by atoms with E-state index in [-0.39, 0.29) is 18.4 Å². The number of rotatable bonds is 10. The second-order valence-electron chi connectivity index (χ2n) is 11.5. The zero-order chi connectivity index (χ0) is 28.3. The summed E-state index contributed by atoms with van der Waals surface area (Å²) in [6, 6.07) is 7.69. The fraction of sp³-hybridized carbons (Fsp3) is 0.536. The number of amides is 1. The number of carbonyl (C=O) groups excluding carboxylic acids is 1. The van der Waals surface area contributed by atoms with Crippen molar-refractivity contribution in [1.29, 1.82) is 0 Å². The van der Waals surface area contributed by atoms with E-state index in [0.29, 0.717) is 18.4 Å². The Morgan fingerprint density at radius 3 is 2.34 bits per heavy atom. The molecule has 1 amide bonds. The molecule has 0 spiro atoms. The van der Waals surface area contributed by atoms with Crippen molar-refractivity contribution < 1.29 is 27.1 Å². The molecule has 38 heavy (non-hydrogen) atoms. The maximum atomic E-state index is 13.7. The molecule has 0 aromatic heterocycles. The van der Waals surface area contributed by atoms with Crippen LogP contribution < -0.4 is 15.4 Å². The van der Waals surface area contributed by atoms with E-state index in [2.05, 4.69) is 54.3 Å². The maximum absolute atomic E-state index is 13.7. The first-order valence-electron chi connectivity index (χ1n) is 12.8. The molecule has 0 saturated heterocycles. The Morgan fingerprint density at radius 2 is 1.76 bits per heavy atom. The largest absolute Gasteiger partial charge is 0.390 e. The van der Waals surface area contributed by atoms with Crippen molar-refractivity contribution >= 4 is 15.9 Å². The van der Waals surface area contributed by atoms with Gasteiger partial charge in [-0.3, -0.25) is 4.79 Å². The Kier molecular flexibility index (Phi) is 9.67. The van der Waals surface area contributed by atoms with Crippen molar-refractivity contribution in [3.63, 3.8) is 0 Å². The van der Waals surface area contributed by atoms with Crippen LogP contribution in [-0.4, -0.2) is 50.4 Å². The molecule has 4 unspecified atom stereocenters. The van der Waals surface area contributed by atoms with E-state index in [1.54, 1.807) is 0 Å². The van der Waals surface area contributed by atoms with E-state index >= 15 is 0 Å². The average molecular weight is 552 g/mol. The molecule has 1 aliphatic carbocycles. The molecule has 2 aromatic rings. The Balaban J connectivity index is 1.86. The molecular weight excluding hydrogens is 512 g/mol. The predicted molar refractivity (Wildman–Crippen MR) is 144 cm³/mol. The van der Waals surface area contributed by atoms with Crippen LogP contribution in [0.15, 0.2) is 36.4 Å². The summed E-state index contributed by atoms with van der Waals surface area (Å²) in [5, 5.41) is 17.1. The van der Waals surface area contributed by atoms with Crippen LogP contribution in [0.1, 0.15) is 62.4 Å². The van der Waals surface area contributed by atoms with Crippen molar-refractivity contribution in [1.82, 2.24) is 15.4 Å². The van der Waals surface area contributed by atoms with E-state index in [9.17, 15) is 27.1 Å². The van der Waals surface area contributed by atoms with Crippen molar-refractivity contribution in [3.8, 4) is 0 Å². The zero-order valence-corrected chi connectivity index (χ0v) is 23.5. The van der Waals surface area contributed by atoms with Gasteiger partial charge in [-0.2, -0.15) is 0 Å². The van der Waals surface area contributed by atoms with Gasteiger partial charge in [0.1, 0.15) is 11.6 Å². The lowest BCUT2D eigenvalue weighted by Gasteiger charge is -2.36. The molecule has 0 fully saturated rings. The lowest BCUT2D eigenvalue weighted by molar-refractivity contribution is -0.120. The third kappa shape index (κ3) is 9.11. The molecule has 1 aliphatic rings. The minimum Gasteiger partial charge on any atom is -0.390 e. The molecule has 210 valence electrons. The highest BCUT2D eigenvalue weighted by Gasteiger charge is 2.33. The number of benzene rings is 2. The van der Waals surface area contributed by atoms with Crippen LogP contribution in [0.5, 0.6) is 0 Å². The third-order valence-corrected chi connectivity index (χ3v) is 7.28. The standard InChI is InChI=1S/C28H39F2N3O4S/c1-17(34)32-25(13-19-10-21(29)14-22(30)11-19)26(35)16-31-27-23-12-18(15-28(2,3)4)6-7-20(23)8-9-24(27)33-38(5,36)37/h6-7,10-12,14,24-27,31,33,35H,8-9,13,15-16H2,1-5H3,(H,32,34). The summed E-state index contributed by atoms with van der Waals surface area (Å²) in [4.78, 5) is 11.8. The molecule has 10 heteroatoms. The first-order valence-corrected chi connectivity index (χ1v) is 14.7. The molecule has 0 heterocycles. The normalized spacial score (nSPS) is 19.5. The lowest BCUT2D eigenvalue weighted by atomic mass is 9.81. The zero-order valence-electron chi connectivity index (χ0n) is 22.6. The number of halogens is 2. The molecule has 3 rings (SSSR count). The fourth-order valence-corrected chi connectivity index (χ4v) is 5.95. The molecular formula is C28H39F2N3O4S. The minimum atomic E-state index is -3.50. The van der Waals surface area contributed by atoms with Crippen molar-refractivity contribution in [2.24, 2.45) is 5.41 Å². The number of carbonyl (C=O) groups is 1. The van der Waals surface area contributed by atoms with E-state index in [1.807, 2.05) is 0 Å². The summed E-state index contributed by atoms with van der Waals surface area (Å²) < 4.78 is 54.5. The SMILES string of the molecule is CC(=O)NC(Cc1cc(F)cc(F)c1)C(O)CNC1c2cc(CC(C)(C)C)ccc2CCC1NS(C)(=O)=O. The number of sulfonamides is 1. The molecule has 0 bridgehead atoms. The van der Waals surface area contributed by atoms with Crippen molar-refractivity contribution in [2.75, 3.05) is 12.8 Å². The van der Waals surface area contributed by atoms with Gasteiger partial charge in [-0.25, -0.2) is 21.9 Å². The highest BCUT2D eigenvalue weighted by atomic mass is 32.2. The van der Waals surface area contributed by atoms with Crippen LogP contribution >= 0.6 is 0 Å². The Labute approximate surface area is 224 Å². The summed E-state index contributed by atoms with van der Waals surface area (Å²) in [5.74, 6) is -1.88. The topological polar surface area (TPSA) is 108 Å². The number of aliphatic hydroxyl groups is 1. The monoisotopic (exact) mass is 551 g/mol. The van der Waals surface area contributed by atoms with Gasteiger partial charge in [-0.05, 0) is 65.5 Å². The molecule has 4 N–H and O–H groups in total. The lowest BCUT2D eigenvalue weighted by Crippen LogP contribution is -2.52. The number of aryl methyl sites for hydroxylation is 1. The second-order valence-corrected chi connectivity index (χ2v) is 13.3. The van der Waals surface area contributed by atoms with Gasteiger partial charge in [0, 0.05) is 31.6 Å². The first kappa shape index (κ1) is 30.1. The average Bonchev–Trinajstić information content (AvgIpc) is 2.74. The van der Waals surface area contributed by atoms with Crippen molar-refractivity contribution in [2.45, 2.75) is 77.6 Å². The first-order chi connectivity index (χ1) is 17.6. The maximum Gasteiger partial charge on any atom is 0.217 e. The van der Waals surface area contributed by atoms with Gasteiger partial charge in [-0.15, -0.1) is 0 Å². The van der Waals surface area contributed by atoms with Gasteiger partial charge in [-0.1, -0.05) is 39.0 Å². The van der Waals surface area contributed by atoms with Crippen LogP contribution in [0, 0.1) is 17.0 Å². The van der Waals surface area contributed by atoms with Gasteiger partial charge in [0.15, 0.2) is 0 Å². The van der Waals surface area contributed by atoms with E-state index in [4.69, 9.17) is 0 Å². The molecule has 0 saturated carbocycles. The highest BCUT2D eigenvalue weighted by molar-refractivity contribution is 7.88. The summed E-state index contributed by atoms with van der Waals surface area (Å²) in [6.07, 6.45) is 2.14. The van der Waals surface area contributed by atoms with Gasteiger partial charge >= 0.3 is 0 Å². The molecule has 2 aromatic carbocycles. The third-order valence-electron chi connectivity index (χ3n) is 6.55. The van der Waals surface area contributed by atoms with Gasteiger partial charge in [0.2, 0.25) is 15.9 Å². The number of hydrogen-bond acceptors (Lipinski definition) is 5. The van der Waals surface area contributed by atoms with Crippen LogP contribution in [0.2, 0.25) is 0 Å². The Morgan fingerprint density at radius 1 is 1.11 bits per heavy atom. The number of fused-ring (bicyclic) bond motifs is 1. The molecule has 0 radical (unpaired) electrons. The van der Waals surface area contributed by atoms with Gasteiger partial charge in [0.05, 0.1) is 18.4 Å². The van der Waals surface area contributed by atoms with Crippen molar-refractivity contribution in [3.05, 3.63) is 70.3 Å². The fourth-order valence-electron chi connectivity index (χ4n) is 5.15. The highest BCUT2D eigenvalue weighted by Crippen LogP contribution is 2.33. The van der Waals surface area contributed by atoms with Crippen LogP contribution in [-0.2, 0) is 34.1 Å². The summed E-state index contributed by atoms with van der Waals surface area (Å²) in [7, 11) is -3.50. The molecule has 4 atom stereocenters. The quantitative estimate of drug-likeness (QED) is 0.363. The van der Waals surface area contributed by atoms with Crippen LogP contribution in [0.4, 0.5) is 8.78 Å². The number of hydrogen-bond donors (Lipinski definition) is 4. The predicted octanol–water partition coefficient (Wildman–Crippen LogP) is 3.16. The number of nitrogens with one attached hydrogen (secondary N) is 3. The van der Waals surface area contributed by atoms with Crippen LogP contribution in [0.3, 0.4) is 0 Å². The second kappa shape index (κ2) is 12.2. The van der Waals surface area contributed by atoms with E-state index in [1.165, 1.54) is 6.92 Å². The summed E-state index contributed by atoms with van der Waals surface area (Å²) in [6.45, 7) is 7.77. The summed E-state index contributed by atoms with van der Waals surface area (Å²) >= 11 is 0.